The van der Waals surface area contributed by atoms with Crippen molar-refractivity contribution in [2.75, 3.05) is 0 Å². The third-order valence-electron chi connectivity index (χ3n) is 1.47. The molecule has 0 spiro atoms. The number of benzene rings is 1. The molecule has 3 nitrogen and oxygen atoms in total. The minimum absolute atomic E-state index is 0. The standard InChI is InChI=1S/C8H7BrO3S.Na/c1-2-6-4-3-5-7(9)8(6)13(10,11)12;/h2-5H,1H2,(H,10,11,12);/q;+1/p-1. The Morgan fingerprint density at radius 2 is 2.00 bits per heavy atom. The van der Waals surface area contributed by atoms with Crippen LogP contribution in [0, 0.1) is 0 Å². The van der Waals surface area contributed by atoms with Crippen molar-refractivity contribution in [1.82, 2.24) is 0 Å². The van der Waals surface area contributed by atoms with Crippen LogP contribution in [0.2, 0.25) is 0 Å². The third-order valence-corrected chi connectivity index (χ3v) is 3.35. The molecule has 1 rings (SSSR count). The zero-order chi connectivity index (χ0) is 10.1. The zero-order valence-electron chi connectivity index (χ0n) is 7.53. The second-order valence-electron chi connectivity index (χ2n) is 2.32. The van der Waals surface area contributed by atoms with Crippen LogP contribution in [0.15, 0.2) is 34.1 Å². The van der Waals surface area contributed by atoms with E-state index in [1.807, 2.05) is 0 Å². The van der Waals surface area contributed by atoms with Crippen molar-refractivity contribution in [3.8, 4) is 0 Å². The van der Waals surface area contributed by atoms with Crippen LogP contribution in [0.1, 0.15) is 5.56 Å². The molecule has 0 N–H and O–H groups in total. The third kappa shape index (κ3) is 3.18. The average molecular weight is 285 g/mol. The molecule has 70 valence electrons. The van der Waals surface area contributed by atoms with E-state index >= 15 is 0 Å². The summed E-state index contributed by atoms with van der Waals surface area (Å²) in [6, 6.07) is 4.65. The van der Waals surface area contributed by atoms with Crippen LogP contribution >= 0.6 is 15.9 Å². The molecule has 0 amide bonds. The van der Waals surface area contributed by atoms with Crippen LogP contribution in [-0.2, 0) is 10.1 Å². The van der Waals surface area contributed by atoms with Crippen molar-refractivity contribution < 1.29 is 42.5 Å². The summed E-state index contributed by atoms with van der Waals surface area (Å²) >= 11 is 3.00. The average Bonchev–Trinajstić information content (AvgIpc) is 2.01. The first kappa shape index (κ1) is 14.3. The van der Waals surface area contributed by atoms with Gasteiger partial charge in [-0.25, -0.2) is 8.42 Å². The molecule has 0 atom stereocenters. The number of hydrogen-bond donors (Lipinski definition) is 0. The van der Waals surface area contributed by atoms with E-state index in [2.05, 4.69) is 22.5 Å². The van der Waals surface area contributed by atoms with Gasteiger partial charge in [0.1, 0.15) is 10.1 Å². The molecule has 14 heavy (non-hydrogen) atoms. The number of hydrogen-bond acceptors (Lipinski definition) is 3. The molecule has 0 aromatic heterocycles. The molecule has 0 aliphatic rings. The molecular formula is C8H6BrNaO3S. The Bertz CT molecular complexity index is 442. The van der Waals surface area contributed by atoms with Crippen molar-refractivity contribution in [2.24, 2.45) is 0 Å². The van der Waals surface area contributed by atoms with Crippen LogP contribution < -0.4 is 29.6 Å². The maximum absolute atomic E-state index is 10.8. The quantitative estimate of drug-likeness (QED) is 0.517. The van der Waals surface area contributed by atoms with Gasteiger partial charge in [-0.05, 0) is 27.6 Å². The summed E-state index contributed by atoms with van der Waals surface area (Å²) in [6.07, 6.45) is 1.33. The van der Waals surface area contributed by atoms with Crippen molar-refractivity contribution in [1.29, 1.82) is 0 Å². The normalized spacial score (nSPS) is 10.4. The van der Waals surface area contributed by atoms with Gasteiger partial charge < -0.3 is 4.55 Å². The molecule has 1 aromatic carbocycles. The second kappa shape index (κ2) is 5.44. The molecule has 0 aliphatic carbocycles. The molecule has 0 unspecified atom stereocenters. The van der Waals surface area contributed by atoms with Gasteiger partial charge in [0.2, 0.25) is 0 Å². The van der Waals surface area contributed by atoms with Crippen molar-refractivity contribution >= 4 is 32.1 Å². The molecule has 0 aliphatic heterocycles. The van der Waals surface area contributed by atoms with Gasteiger partial charge in [-0.1, -0.05) is 24.8 Å². The van der Waals surface area contributed by atoms with Crippen LogP contribution in [0.25, 0.3) is 6.08 Å². The summed E-state index contributed by atoms with van der Waals surface area (Å²) in [5.74, 6) is 0. The van der Waals surface area contributed by atoms with Gasteiger partial charge >= 0.3 is 29.6 Å². The van der Waals surface area contributed by atoms with Crippen molar-refractivity contribution in [3.05, 3.63) is 34.8 Å². The van der Waals surface area contributed by atoms with Gasteiger partial charge in [0.05, 0.1) is 4.90 Å². The fraction of sp³-hybridized carbons (Fsp3) is 0. The first-order valence-corrected chi connectivity index (χ1v) is 5.54. The van der Waals surface area contributed by atoms with E-state index in [0.29, 0.717) is 5.56 Å². The Balaban J connectivity index is 0.00000169. The molecule has 0 fully saturated rings. The minimum atomic E-state index is -4.44. The van der Waals surface area contributed by atoms with Crippen LogP contribution in [0.3, 0.4) is 0 Å². The summed E-state index contributed by atoms with van der Waals surface area (Å²) in [4.78, 5) is -0.259. The van der Waals surface area contributed by atoms with E-state index in [9.17, 15) is 13.0 Å². The zero-order valence-corrected chi connectivity index (χ0v) is 11.9. The molecule has 0 saturated carbocycles. The Morgan fingerprint density at radius 3 is 2.36 bits per heavy atom. The SMILES string of the molecule is C=Cc1cccc(Br)c1S(=O)(=O)[O-].[Na+]. The predicted octanol–water partition coefficient (Wildman–Crippen LogP) is -1.000. The Hall–Kier alpha value is 0.350. The summed E-state index contributed by atoms with van der Waals surface area (Å²) in [5.41, 5.74) is 0.310. The Morgan fingerprint density at radius 1 is 1.43 bits per heavy atom. The van der Waals surface area contributed by atoms with Crippen LogP contribution in [-0.4, -0.2) is 13.0 Å². The fourth-order valence-corrected chi connectivity index (χ4v) is 2.67. The maximum atomic E-state index is 10.8. The fourth-order valence-electron chi connectivity index (χ4n) is 0.950. The van der Waals surface area contributed by atoms with Crippen molar-refractivity contribution in [2.45, 2.75) is 4.90 Å². The Labute approximate surface area is 113 Å². The number of halogens is 1. The molecule has 1 aromatic rings. The number of rotatable bonds is 2. The molecule has 0 heterocycles. The molecule has 0 radical (unpaired) electrons. The van der Waals surface area contributed by atoms with Gasteiger partial charge in [0, 0.05) is 4.47 Å². The first-order valence-electron chi connectivity index (χ1n) is 3.33. The van der Waals surface area contributed by atoms with E-state index in [0.717, 1.165) is 0 Å². The summed E-state index contributed by atoms with van der Waals surface area (Å²) in [5, 5.41) is 0. The summed E-state index contributed by atoms with van der Waals surface area (Å²) in [6.45, 7) is 3.42. The van der Waals surface area contributed by atoms with Crippen LogP contribution in [0.4, 0.5) is 0 Å². The molecule has 0 saturated heterocycles. The van der Waals surface area contributed by atoms with Gasteiger partial charge in [-0.15, -0.1) is 0 Å². The summed E-state index contributed by atoms with van der Waals surface area (Å²) < 4.78 is 32.7. The van der Waals surface area contributed by atoms with Gasteiger partial charge in [0.15, 0.2) is 0 Å². The Kier molecular flexibility index (Phi) is 5.57. The van der Waals surface area contributed by atoms with Gasteiger partial charge in [0.25, 0.3) is 0 Å². The molecule has 0 bridgehead atoms. The smallest absolute Gasteiger partial charge is 0.744 e. The largest absolute Gasteiger partial charge is 1.00 e. The minimum Gasteiger partial charge on any atom is -0.744 e. The van der Waals surface area contributed by atoms with E-state index in [-0.39, 0.29) is 38.9 Å². The molecular weight excluding hydrogens is 279 g/mol. The molecule has 6 heteroatoms. The predicted molar refractivity (Wildman–Crippen MR) is 52.2 cm³/mol. The first-order chi connectivity index (χ1) is 5.96. The summed E-state index contributed by atoms with van der Waals surface area (Å²) in [7, 11) is -4.44. The van der Waals surface area contributed by atoms with Crippen LogP contribution in [0.5, 0.6) is 0 Å². The van der Waals surface area contributed by atoms with Crippen molar-refractivity contribution in [3.63, 3.8) is 0 Å². The van der Waals surface area contributed by atoms with Gasteiger partial charge in [-0.3, -0.25) is 0 Å². The van der Waals surface area contributed by atoms with E-state index in [4.69, 9.17) is 0 Å². The van der Waals surface area contributed by atoms with E-state index in [1.54, 1.807) is 6.07 Å². The topological polar surface area (TPSA) is 57.2 Å². The van der Waals surface area contributed by atoms with Gasteiger partial charge in [-0.2, -0.15) is 0 Å². The maximum Gasteiger partial charge on any atom is 1.00 e. The second-order valence-corrected chi connectivity index (χ2v) is 4.49. The monoisotopic (exact) mass is 284 g/mol. The van der Waals surface area contributed by atoms with E-state index < -0.39 is 10.1 Å². The van der Waals surface area contributed by atoms with E-state index in [1.165, 1.54) is 18.2 Å².